The van der Waals surface area contributed by atoms with Crippen molar-refractivity contribution in [1.29, 1.82) is 0 Å². The van der Waals surface area contributed by atoms with E-state index in [1.54, 1.807) is 24.3 Å². The van der Waals surface area contributed by atoms with E-state index < -0.39 is 0 Å². The Morgan fingerprint density at radius 3 is 2.53 bits per heavy atom. The Morgan fingerprint density at radius 1 is 1.10 bits per heavy atom. The van der Waals surface area contributed by atoms with E-state index in [1.165, 1.54) is 11.3 Å². The molecule has 30 heavy (non-hydrogen) atoms. The Bertz CT molecular complexity index is 1060. The number of anilines is 1. The van der Waals surface area contributed by atoms with Crippen LogP contribution in [0.3, 0.4) is 0 Å². The predicted octanol–water partition coefficient (Wildman–Crippen LogP) is 4.77. The second-order valence-electron chi connectivity index (χ2n) is 7.34. The number of amides is 2. The predicted molar refractivity (Wildman–Crippen MR) is 118 cm³/mol. The van der Waals surface area contributed by atoms with Crippen molar-refractivity contribution in [2.45, 2.75) is 25.7 Å². The number of carbonyl (C=O) groups excluding carboxylic acids is 2. The number of carbonyl (C=O) groups is 2. The first-order valence-corrected chi connectivity index (χ1v) is 11.0. The summed E-state index contributed by atoms with van der Waals surface area (Å²) in [6.45, 7) is 3.34. The van der Waals surface area contributed by atoms with Crippen molar-refractivity contribution < 1.29 is 9.59 Å². The molecule has 0 unspecified atom stereocenters. The summed E-state index contributed by atoms with van der Waals surface area (Å²) >= 11 is 7.26. The van der Waals surface area contributed by atoms with Crippen LogP contribution < -0.4 is 5.32 Å². The number of benzene rings is 2. The lowest BCUT2D eigenvalue weighted by Gasteiger charge is -2.31. The lowest BCUT2D eigenvalue weighted by Crippen LogP contribution is -2.37. The van der Waals surface area contributed by atoms with Gasteiger partial charge in [0.1, 0.15) is 5.01 Å². The first kappa shape index (κ1) is 20.5. The monoisotopic (exact) mass is 440 g/mol. The Hall–Kier alpha value is -2.77. The first-order valence-electron chi connectivity index (χ1n) is 9.76. The van der Waals surface area contributed by atoms with Gasteiger partial charge in [-0.05, 0) is 50.1 Å². The van der Waals surface area contributed by atoms with Crippen LogP contribution in [0.1, 0.15) is 49.5 Å². The smallest absolute Gasteiger partial charge is 0.286 e. The zero-order valence-corrected chi connectivity index (χ0v) is 18.0. The molecule has 3 aromatic rings. The van der Waals surface area contributed by atoms with Gasteiger partial charge in [-0.15, -0.1) is 10.2 Å². The van der Waals surface area contributed by atoms with Gasteiger partial charge in [0.05, 0.1) is 0 Å². The van der Waals surface area contributed by atoms with Gasteiger partial charge in [-0.1, -0.05) is 46.7 Å². The third kappa shape index (κ3) is 4.68. The maximum Gasteiger partial charge on any atom is 0.286 e. The van der Waals surface area contributed by atoms with Crippen LogP contribution in [0.25, 0.3) is 0 Å². The molecule has 0 bridgehead atoms. The van der Waals surface area contributed by atoms with Crippen molar-refractivity contribution in [3.63, 3.8) is 0 Å². The molecular weight excluding hydrogens is 420 g/mol. The Balaban J connectivity index is 1.35. The van der Waals surface area contributed by atoms with E-state index in [0.29, 0.717) is 28.8 Å². The number of nitrogens with zero attached hydrogens (tertiary/aromatic N) is 3. The molecule has 1 aromatic heterocycles. The van der Waals surface area contributed by atoms with Crippen molar-refractivity contribution in [1.82, 2.24) is 15.1 Å². The number of piperidine rings is 1. The molecule has 1 fully saturated rings. The van der Waals surface area contributed by atoms with Crippen LogP contribution in [0.5, 0.6) is 0 Å². The zero-order chi connectivity index (χ0) is 21.1. The summed E-state index contributed by atoms with van der Waals surface area (Å²) in [6, 6.07) is 14.6. The van der Waals surface area contributed by atoms with E-state index >= 15 is 0 Å². The number of aryl methyl sites for hydroxylation is 1. The molecule has 2 heterocycles. The SMILES string of the molecule is Cc1ccc(C(=O)N2CCC(c3nnc(C(=O)Nc4cccc(Cl)c4)s3)CC2)cc1. The third-order valence-corrected chi connectivity index (χ3v) is 6.47. The van der Waals surface area contributed by atoms with Crippen LogP contribution in [0.15, 0.2) is 48.5 Å². The van der Waals surface area contributed by atoms with Gasteiger partial charge < -0.3 is 10.2 Å². The topological polar surface area (TPSA) is 75.2 Å². The lowest BCUT2D eigenvalue weighted by atomic mass is 9.97. The van der Waals surface area contributed by atoms with Crippen LogP contribution in [-0.2, 0) is 0 Å². The molecular formula is C22H21ClN4O2S. The molecule has 1 N–H and O–H groups in total. The van der Waals surface area contributed by atoms with Crippen LogP contribution in [0.4, 0.5) is 5.69 Å². The molecule has 0 saturated carbocycles. The molecule has 1 aliphatic heterocycles. The van der Waals surface area contributed by atoms with Crippen molar-refractivity contribution in [2.75, 3.05) is 18.4 Å². The van der Waals surface area contributed by atoms with E-state index in [4.69, 9.17) is 11.6 Å². The second kappa shape index (κ2) is 8.93. The van der Waals surface area contributed by atoms with Crippen molar-refractivity contribution in [3.8, 4) is 0 Å². The summed E-state index contributed by atoms with van der Waals surface area (Å²) < 4.78 is 0. The summed E-state index contributed by atoms with van der Waals surface area (Å²) in [5.41, 5.74) is 2.47. The fourth-order valence-electron chi connectivity index (χ4n) is 3.45. The minimum absolute atomic E-state index is 0.0623. The second-order valence-corrected chi connectivity index (χ2v) is 8.79. The van der Waals surface area contributed by atoms with Gasteiger partial charge in [-0.3, -0.25) is 9.59 Å². The number of hydrogen-bond acceptors (Lipinski definition) is 5. The van der Waals surface area contributed by atoms with Gasteiger partial charge >= 0.3 is 0 Å². The Labute approximate surface area is 183 Å². The summed E-state index contributed by atoms with van der Waals surface area (Å²) in [5, 5.41) is 12.8. The van der Waals surface area contributed by atoms with Crippen LogP contribution >= 0.6 is 22.9 Å². The van der Waals surface area contributed by atoms with Crippen molar-refractivity contribution in [2.24, 2.45) is 0 Å². The average Bonchev–Trinajstić information content (AvgIpc) is 3.24. The van der Waals surface area contributed by atoms with Gasteiger partial charge in [0, 0.05) is 35.3 Å². The number of likely N-dealkylation sites (tertiary alicyclic amines) is 1. The minimum atomic E-state index is -0.298. The molecule has 1 saturated heterocycles. The van der Waals surface area contributed by atoms with Crippen molar-refractivity contribution in [3.05, 3.63) is 74.7 Å². The molecule has 2 amide bonds. The number of halogens is 1. The number of rotatable bonds is 4. The fourth-order valence-corrected chi connectivity index (χ4v) is 4.55. The summed E-state index contributed by atoms with van der Waals surface area (Å²) in [5.74, 6) is -0.0300. The summed E-state index contributed by atoms with van der Waals surface area (Å²) in [6.07, 6.45) is 1.62. The minimum Gasteiger partial charge on any atom is -0.339 e. The molecule has 2 aromatic carbocycles. The normalized spacial score (nSPS) is 14.5. The zero-order valence-electron chi connectivity index (χ0n) is 16.5. The standard InChI is InChI=1S/C22H21ClN4O2S/c1-14-5-7-16(8-6-14)22(29)27-11-9-15(10-12-27)20-25-26-21(30-20)19(28)24-18-4-2-3-17(23)13-18/h2-8,13,15H,9-12H2,1H3,(H,24,28). The van der Waals surface area contributed by atoms with E-state index in [-0.39, 0.29) is 17.7 Å². The van der Waals surface area contributed by atoms with Gasteiger partial charge in [0.2, 0.25) is 5.01 Å². The van der Waals surface area contributed by atoms with Crippen molar-refractivity contribution >= 4 is 40.4 Å². The quantitative estimate of drug-likeness (QED) is 0.633. The molecule has 0 aliphatic carbocycles. The molecule has 4 rings (SSSR count). The first-order chi connectivity index (χ1) is 14.5. The highest BCUT2D eigenvalue weighted by molar-refractivity contribution is 7.13. The molecule has 6 nitrogen and oxygen atoms in total. The highest BCUT2D eigenvalue weighted by Gasteiger charge is 2.27. The molecule has 0 radical (unpaired) electrons. The van der Waals surface area contributed by atoms with Gasteiger partial charge in [-0.25, -0.2) is 0 Å². The number of hydrogen-bond donors (Lipinski definition) is 1. The van der Waals surface area contributed by atoms with Gasteiger partial charge in [0.15, 0.2) is 0 Å². The molecule has 0 spiro atoms. The number of aromatic nitrogens is 2. The maximum atomic E-state index is 12.7. The maximum absolute atomic E-state index is 12.7. The van der Waals surface area contributed by atoms with E-state index in [2.05, 4.69) is 15.5 Å². The largest absolute Gasteiger partial charge is 0.339 e. The summed E-state index contributed by atoms with van der Waals surface area (Å²) in [4.78, 5) is 27.0. The molecule has 1 aliphatic rings. The van der Waals surface area contributed by atoms with E-state index in [9.17, 15) is 9.59 Å². The van der Waals surface area contributed by atoms with Crippen LogP contribution in [0.2, 0.25) is 5.02 Å². The van der Waals surface area contributed by atoms with Crippen LogP contribution in [-0.4, -0.2) is 40.0 Å². The van der Waals surface area contributed by atoms with E-state index in [1.807, 2.05) is 36.1 Å². The highest BCUT2D eigenvalue weighted by Crippen LogP contribution is 2.31. The summed E-state index contributed by atoms with van der Waals surface area (Å²) in [7, 11) is 0. The van der Waals surface area contributed by atoms with Gasteiger partial charge in [0.25, 0.3) is 11.8 Å². The molecule has 0 atom stereocenters. The molecule has 154 valence electrons. The number of nitrogens with one attached hydrogen (secondary N) is 1. The third-order valence-electron chi connectivity index (χ3n) is 5.15. The Morgan fingerprint density at radius 2 is 1.83 bits per heavy atom. The van der Waals surface area contributed by atoms with Gasteiger partial charge in [-0.2, -0.15) is 0 Å². The highest BCUT2D eigenvalue weighted by atomic mass is 35.5. The molecule has 8 heteroatoms. The Kier molecular flexibility index (Phi) is 6.11. The fraction of sp³-hybridized carbons (Fsp3) is 0.273. The lowest BCUT2D eigenvalue weighted by molar-refractivity contribution is 0.0712. The average molecular weight is 441 g/mol. The van der Waals surface area contributed by atoms with E-state index in [0.717, 1.165) is 29.0 Å². The van der Waals surface area contributed by atoms with Crippen LogP contribution in [0, 0.1) is 6.92 Å².